The first kappa shape index (κ1) is 13.5. The van der Waals surface area contributed by atoms with Crippen LogP contribution in [0.4, 0.5) is 0 Å². The maximum Gasteiger partial charge on any atom is 0.225 e. The van der Waals surface area contributed by atoms with Gasteiger partial charge in [0.15, 0.2) is 0 Å². The number of hydrogen-bond donors (Lipinski definition) is 1. The number of ether oxygens (including phenoxy) is 1. The maximum absolute atomic E-state index is 12.2. The van der Waals surface area contributed by atoms with E-state index in [1.807, 2.05) is 18.7 Å². The molecule has 0 aliphatic carbocycles. The molecule has 0 aromatic heterocycles. The summed E-state index contributed by atoms with van der Waals surface area (Å²) in [5, 5.41) is 0. The number of hydrogen-bond acceptors (Lipinski definition) is 3. The summed E-state index contributed by atoms with van der Waals surface area (Å²) in [5.74, 6) is 0.361. The Morgan fingerprint density at radius 2 is 2.31 bits per heavy atom. The minimum absolute atomic E-state index is 0.00831. The smallest absolute Gasteiger partial charge is 0.225 e. The Bertz CT molecular complexity index is 233. The average Bonchev–Trinajstić information content (AvgIpc) is 2.29. The third-order valence-electron chi connectivity index (χ3n) is 3.19. The van der Waals surface area contributed by atoms with Crippen LogP contribution in [-0.2, 0) is 9.53 Å². The zero-order valence-corrected chi connectivity index (χ0v) is 10.6. The minimum atomic E-state index is 0.00831. The maximum atomic E-state index is 12.2. The Balaban J connectivity index is 2.58. The zero-order valence-electron chi connectivity index (χ0n) is 10.6. The van der Waals surface area contributed by atoms with Gasteiger partial charge in [0, 0.05) is 19.0 Å². The molecule has 1 amide bonds. The normalized spacial score (nSPS) is 27.9. The SMILES string of the molecule is CCCC(C)C(=O)N1CC(CN)OCC1C. The van der Waals surface area contributed by atoms with Gasteiger partial charge in [-0.3, -0.25) is 4.79 Å². The second-order valence-corrected chi connectivity index (χ2v) is 4.72. The van der Waals surface area contributed by atoms with E-state index in [2.05, 4.69) is 6.92 Å². The van der Waals surface area contributed by atoms with Crippen LogP contribution >= 0.6 is 0 Å². The molecule has 2 N–H and O–H groups in total. The Labute approximate surface area is 98.1 Å². The lowest BCUT2D eigenvalue weighted by Crippen LogP contribution is -2.54. The Morgan fingerprint density at radius 3 is 2.88 bits per heavy atom. The van der Waals surface area contributed by atoms with Gasteiger partial charge < -0.3 is 15.4 Å². The van der Waals surface area contributed by atoms with Gasteiger partial charge in [-0.1, -0.05) is 20.3 Å². The summed E-state index contributed by atoms with van der Waals surface area (Å²) in [6.07, 6.45) is 2.01. The van der Waals surface area contributed by atoms with E-state index in [1.54, 1.807) is 0 Å². The molecule has 0 saturated carbocycles. The van der Waals surface area contributed by atoms with E-state index in [4.69, 9.17) is 10.5 Å². The highest BCUT2D eigenvalue weighted by atomic mass is 16.5. The summed E-state index contributed by atoms with van der Waals surface area (Å²) >= 11 is 0. The van der Waals surface area contributed by atoms with Crippen LogP contribution in [0, 0.1) is 5.92 Å². The molecule has 1 fully saturated rings. The third kappa shape index (κ3) is 3.19. The van der Waals surface area contributed by atoms with E-state index in [9.17, 15) is 4.79 Å². The first-order valence-electron chi connectivity index (χ1n) is 6.22. The quantitative estimate of drug-likeness (QED) is 0.781. The van der Waals surface area contributed by atoms with Gasteiger partial charge in [-0.2, -0.15) is 0 Å². The molecule has 0 spiro atoms. The Hall–Kier alpha value is -0.610. The molecular weight excluding hydrogens is 204 g/mol. The lowest BCUT2D eigenvalue weighted by atomic mass is 10.0. The van der Waals surface area contributed by atoms with Crippen LogP contribution in [0.2, 0.25) is 0 Å². The van der Waals surface area contributed by atoms with Gasteiger partial charge in [0.05, 0.1) is 18.8 Å². The first-order valence-corrected chi connectivity index (χ1v) is 6.22. The number of rotatable bonds is 4. The van der Waals surface area contributed by atoms with Crippen LogP contribution in [0.3, 0.4) is 0 Å². The molecule has 1 aliphatic heterocycles. The molecule has 1 heterocycles. The van der Waals surface area contributed by atoms with Crippen LogP contribution in [0.5, 0.6) is 0 Å². The second-order valence-electron chi connectivity index (χ2n) is 4.72. The van der Waals surface area contributed by atoms with Crippen molar-refractivity contribution in [2.45, 2.75) is 45.8 Å². The summed E-state index contributed by atoms with van der Waals surface area (Å²) in [5.41, 5.74) is 5.58. The number of carbonyl (C=O) groups is 1. The highest BCUT2D eigenvalue weighted by molar-refractivity contribution is 5.78. The van der Waals surface area contributed by atoms with E-state index in [0.717, 1.165) is 12.8 Å². The molecule has 3 unspecified atom stereocenters. The molecule has 4 nitrogen and oxygen atoms in total. The predicted octanol–water partition coefficient (Wildman–Crippen LogP) is 0.997. The fraction of sp³-hybridized carbons (Fsp3) is 0.917. The van der Waals surface area contributed by atoms with Gasteiger partial charge in [0.25, 0.3) is 0 Å². The highest BCUT2D eigenvalue weighted by Gasteiger charge is 2.30. The fourth-order valence-electron chi connectivity index (χ4n) is 2.11. The summed E-state index contributed by atoms with van der Waals surface area (Å²) in [4.78, 5) is 14.1. The van der Waals surface area contributed by atoms with Crippen molar-refractivity contribution in [2.75, 3.05) is 19.7 Å². The third-order valence-corrected chi connectivity index (χ3v) is 3.19. The molecule has 1 rings (SSSR count). The molecule has 94 valence electrons. The number of amides is 1. The van der Waals surface area contributed by atoms with Gasteiger partial charge in [0.1, 0.15) is 0 Å². The summed E-state index contributed by atoms with van der Waals surface area (Å²) < 4.78 is 5.54. The molecule has 0 aromatic rings. The van der Waals surface area contributed by atoms with Crippen molar-refractivity contribution in [1.82, 2.24) is 4.90 Å². The molecule has 0 radical (unpaired) electrons. The topological polar surface area (TPSA) is 55.6 Å². The Kier molecular flexibility index (Phi) is 5.22. The lowest BCUT2D eigenvalue weighted by molar-refractivity contribution is -0.147. The van der Waals surface area contributed by atoms with Crippen LogP contribution in [0.1, 0.15) is 33.6 Å². The van der Waals surface area contributed by atoms with E-state index >= 15 is 0 Å². The van der Waals surface area contributed by atoms with Crippen molar-refractivity contribution in [3.63, 3.8) is 0 Å². The van der Waals surface area contributed by atoms with Crippen molar-refractivity contribution in [3.05, 3.63) is 0 Å². The summed E-state index contributed by atoms with van der Waals surface area (Å²) in [6, 6.07) is 0.176. The number of morpholine rings is 1. The van der Waals surface area contributed by atoms with E-state index in [0.29, 0.717) is 19.7 Å². The number of nitrogens with zero attached hydrogens (tertiary/aromatic N) is 1. The minimum Gasteiger partial charge on any atom is -0.373 e. The fourth-order valence-corrected chi connectivity index (χ4v) is 2.11. The van der Waals surface area contributed by atoms with Gasteiger partial charge in [-0.25, -0.2) is 0 Å². The van der Waals surface area contributed by atoms with Crippen LogP contribution in [-0.4, -0.2) is 42.6 Å². The number of carbonyl (C=O) groups excluding carboxylic acids is 1. The monoisotopic (exact) mass is 228 g/mol. The first-order chi connectivity index (χ1) is 7.60. The molecule has 1 saturated heterocycles. The predicted molar refractivity (Wildman–Crippen MR) is 64.0 cm³/mol. The number of nitrogens with two attached hydrogens (primary N) is 1. The molecule has 3 atom stereocenters. The summed E-state index contributed by atoms with van der Waals surface area (Å²) in [6.45, 7) is 7.87. The van der Waals surface area contributed by atoms with Crippen LogP contribution < -0.4 is 5.73 Å². The van der Waals surface area contributed by atoms with E-state index in [1.165, 1.54) is 0 Å². The van der Waals surface area contributed by atoms with Gasteiger partial charge in [0.2, 0.25) is 5.91 Å². The lowest BCUT2D eigenvalue weighted by Gasteiger charge is -2.39. The molecule has 16 heavy (non-hydrogen) atoms. The van der Waals surface area contributed by atoms with Crippen molar-refractivity contribution >= 4 is 5.91 Å². The second kappa shape index (κ2) is 6.21. The van der Waals surface area contributed by atoms with Crippen molar-refractivity contribution < 1.29 is 9.53 Å². The van der Waals surface area contributed by atoms with Gasteiger partial charge in [-0.15, -0.1) is 0 Å². The zero-order chi connectivity index (χ0) is 12.1. The van der Waals surface area contributed by atoms with Crippen molar-refractivity contribution in [1.29, 1.82) is 0 Å². The molecule has 4 heteroatoms. The van der Waals surface area contributed by atoms with Crippen LogP contribution in [0.25, 0.3) is 0 Å². The molecular formula is C12H24N2O2. The highest BCUT2D eigenvalue weighted by Crippen LogP contribution is 2.17. The largest absolute Gasteiger partial charge is 0.373 e. The van der Waals surface area contributed by atoms with Gasteiger partial charge >= 0.3 is 0 Å². The molecule has 0 aromatic carbocycles. The van der Waals surface area contributed by atoms with Crippen molar-refractivity contribution in [2.24, 2.45) is 11.7 Å². The Morgan fingerprint density at radius 1 is 1.62 bits per heavy atom. The molecule has 1 aliphatic rings. The van der Waals surface area contributed by atoms with Crippen LogP contribution in [0.15, 0.2) is 0 Å². The average molecular weight is 228 g/mol. The van der Waals surface area contributed by atoms with Gasteiger partial charge in [-0.05, 0) is 13.3 Å². The van der Waals surface area contributed by atoms with E-state index in [-0.39, 0.29) is 24.0 Å². The summed E-state index contributed by atoms with van der Waals surface area (Å²) in [7, 11) is 0. The molecule has 0 bridgehead atoms. The standard InChI is InChI=1S/C12H24N2O2/c1-4-5-9(2)12(15)14-7-11(6-13)16-8-10(14)3/h9-11H,4-8,13H2,1-3H3. The van der Waals surface area contributed by atoms with E-state index < -0.39 is 0 Å². The van der Waals surface area contributed by atoms with Crippen molar-refractivity contribution in [3.8, 4) is 0 Å².